The number of hydrogen-bond acceptors (Lipinski definition) is 1. The molecule has 0 rings (SSSR count). The normalized spacial score (nSPS) is 9.83. The molecule has 0 aliphatic rings. The van der Waals surface area contributed by atoms with Crippen LogP contribution in [0, 0.1) is 0 Å². The summed E-state index contributed by atoms with van der Waals surface area (Å²) >= 11 is 3.60. The first-order valence-electron chi connectivity index (χ1n) is 0.783. The molecule has 6 heavy (non-hydrogen) atoms. The van der Waals surface area contributed by atoms with Crippen LogP contribution in [0.4, 0.5) is 0 Å². The van der Waals surface area contributed by atoms with E-state index in [4.69, 9.17) is 14.7 Å². The van der Waals surface area contributed by atoms with Crippen molar-refractivity contribution in [3.63, 3.8) is 0 Å². The Balaban J connectivity index is -0.0000000267. The second-order valence-electron chi connectivity index (χ2n) is 0.513. The third-order valence-corrected chi connectivity index (χ3v) is 0. The molecule has 0 bridgehead atoms. The van der Waals surface area contributed by atoms with Gasteiger partial charge in [-0.05, 0) is 11.8 Å². The van der Waals surface area contributed by atoms with Crippen molar-refractivity contribution >= 4 is 41.6 Å². The Labute approximate surface area is 59.4 Å². The summed E-state index contributed by atoms with van der Waals surface area (Å²) in [5, 5.41) is 0. The molecule has 36 valence electrons. The minimum Gasteiger partial charge on any atom is -1.00 e. The van der Waals surface area contributed by atoms with Crippen LogP contribution >= 0.6 is 6.72 Å². The first kappa shape index (κ1) is 10.3. The maximum atomic E-state index is 7.56. The van der Waals surface area contributed by atoms with E-state index in [2.05, 4.69) is 11.8 Å². The van der Waals surface area contributed by atoms with Gasteiger partial charge < -0.3 is 17.5 Å². The minimum absolute atomic E-state index is 0. The summed E-state index contributed by atoms with van der Waals surface area (Å²) in [7, 11) is 0. The van der Waals surface area contributed by atoms with E-state index in [1.807, 2.05) is 0 Å². The zero-order valence-electron chi connectivity index (χ0n) is 4.90. The Morgan fingerprint density at radius 1 is 1.33 bits per heavy atom. The van der Waals surface area contributed by atoms with Gasteiger partial charge in [-0.3, -0.25) is 0 Å². The van der Waals surface area contributed by atoms with Gasteiger partial charge in [-0.1, -0.05) is 0 Å². The van der Waals surface area contributed by atoms with E-state index in [9.17, 15) is 0 Å². The maximum absolute atomic E-state index is 7.56. The Bertz CT molecular complexity index is 63.4. The van der Waals surface area contributed by atoms with Crippen LogP contribution in [0.2, 0.25) is 0 Å². The van der Waals surface area contributed by atoms with E-state index >= 15 is 0 Å². The summed E-state index contributed by atoms with van der Waals surface area (Å²) in [6.07, 6.45) is 0. The Kier molecular flexibility index (Phi) is 5.70. The molecule has 0 amide bonds. The fraction of sp³-hybridized carbons (Fsp3) is 0. The molecule has 0 aliphatic carbocycles. The topological polar surface area (TPSA) is 60.7 Å². The second kappa shape index (κ2) is 3.32. The van der Waals surface area contributed by atoms with Crippen LogP contribution in [0.1, 0.15) is 2.85 Å². The zero-order chi connectivity index (χ0) is 4.50. The summed E-state index contributed by atoms with van der Waals surface area (Å²) in [5.41, 5.74) is 0. The Hall–Kier alpha value is 1.30. The van der Waals surface area contributed by atoms with Gasteiger partial charge in [0.15, 0.2) is 0 Å². The molecule has 0 heterocycles. The molecule has 0 saturated carbocycles. The molecular formula is H5MgO3PS. The minimum atomic E-state index is -3.81. The van der Waals surface area contributed by atoms with Gasteiger partial charge in [-0.2, -0.15) is 0 Å². The molecular weight excluding hydrogens is 135 g/mol. The van der Waals surface area contributed by atoms with Gasteiger partial charge in [0.05, 0.1) is 0 Å². The standard InChI is InChI=1S/Mg.H3O3PS.2H/c;1-4(2,3)5;;/h;(H3,1,2,3,5);;/q+2;;2*-1. The summed E-state index contributed by atoms with van der Waals surface area (Å²) in [6, 6.07) is 0. The van der Waals surface area contributed by atoms with Gasteiger partial charge in [-0.15, -0.1) is 0 Å². The quantitative estimate of drug-likeness (QED) is 0.299. The van der Waals surface area contributed by atoms with Crippen LogP contribution in [0.15, 0.2) is 0 Å². The van der Waals surface area contributed by atoms with E-state index < -0.39 is 6.72 Å². The van der Waals surface area contributed by atoms with Gasteiger partial charge in [0.2, 0.25) is 0 Å². The van der Waals surface area contributed by atoms with Crippen LogP contribution in [0.5, 0.6) is 0 Å². The van der Waals surface area contributed by atoms with Gasteiger partial charge in [0, 0.05) is 0 Å². The third-order valence-electron chi connectivity index (χ3n) is 0. The first-order valence-corrected chi connectivity index (χ1v) is 3.44. The van der Waals surface area contributed by atoms with Crippen molar-refractivity contribution in [3.8, 4) is 0 Å². The third kappa shape index (κ3) is 58.2. The molecule has 0 aliphatic heterocycles. The van der Waals surface area contributed by atoms with E-state index in [-0.39, 0.29) is 25.9 Å². The van der Waals surface area contributed by atoms with E-state index in [1.165, 1.54) is 0 Å². The van der Waals surface area contributed by atoms with Gasteiger partial charge in [0.1, 0.15) is 0 Å². The summed E-state index contributed by atoms with van der Waals surface area (Å²) in [5.74, 6) is 0. The SMILES string of the molecule is OP(O)(O)=S.[H-].[H-].[Mg+2]. The molecule has 0 spiro atoms. The summed E-state index contributed by atoms with van der Waals surface area (Å²) < 4.78 is 0. The van der Waals surface area contributed by atoms with Crippen molar-refractivity contribution < 1.29 is 17.5 Å². The molecule has 0 aromatic heterocycles. The maximum Gasteiger partial charge on any atom is 2.00 e. The molecule has 0 saturated heterocycles. The first-order chi connectivity index (χ1) is 2.00. The Morgan fingerprint density at radius 2 is 1.33 bits per heavy atom. The van der Waals surface area contributed by atoms with E-state index in [0.717, 1.165) is 0 Å². The molecule has 0 aromatic rings. The monoisotopic (exact) mass is 140 g/mol. The molecule has 0 unspecified atom stereocenters. The summed E-state index contributed by atoms with van der Waals surface area (Å²) in [6.45, 7) is -3.81. The largest absolute Gasteiger partial charge is 2.00 e. The second-order valence-corrected chi connectivity index (χ2v) is 3.01. The van der Waals surface area contributed by atoms with Crippen molar-refractivity contribution in [1.82, 2.24) is 0 Å². The predicted molar refractivity (Wildman–Crippen MR) is 28.9 cm³/mol. The Morgan fingerprint density at radius 3 is 1.33 bits per heavy atom. The fourth-order valence-corrected chi connectivity index (χ4v) is 0. The van der Waals surface area contributed by atoms with E-state index in [0.29, 0.717) is 0 Å². The molecule has 3 nitrogen and oxygen atoms in total. The number of rotatable bonds is 0. The van der Waals surface area contributed by atoms with Crippen LogP contribution in [0.3, 0.4) is 0 Å². The molecule has 0 atom stereocenters. The van der Waals surface area contributed by atoms with Crippen molar-refractivity contribution in [1.29, 1.82) is 0 Å². The average Bonchev–Trinajstić information content (AvgIpc) is 0.722. The average molecular weight is 140 g/mol. The molecule has 0 aromatic carbocycles. The van der Waals surface area contributed by atoms with Gasteiger partial charge in [0.25, 0.3) is 0 Å². The molecule has 3 N–H and O–H groups in total. The zero-order valence-corrected chi connectivity index (χ0v) is 6.03. The van der Waals surface area contributed by atoms with Crippen molar-refractivity contribution in [2.45, 2.75) is 0 Å². The predicted octanol–water partition coefficient (Wildman–Crippen LogP) is -0.968. The fourth-order valence-electron chi connectivity index (χ4n) is 0. The van der Waals surface area contributed by atoms with E-state index in [1.54, 1.807) is 0 Å². The van der Waals surface area contributed by atoms with Crippen LogP contribution in [-0.2, 0) is 11.8 Å². The van der Waals surface area contributed by atoms with Gasteiger partial charge >= 0.3 is 29.8 Å². The van der Waals surface area contributed by atoms with Crippen LogP contribution < -0.4 is 0 Å². The molecule has 0 radical (unpaired) electrons. The van der Waals surface area contributed by atoms with Crippen molar-refractivity contribution in [2.75, 3.05) is 0 Å². The smallest absolute Gasteiger partial charge is 1.00 e. The molecule has 6 heteroatoms. The molecule has 0 fully saturated rings. The number of hydrogen-bond donors (Lipinski definition) is 3. The van der Waals surface area contributed by atoms with Gasteiger partial charge in [-0.25, -0.2) is 0 Å². The van der Waals surface area contributed by atoms with Crippen LogP contribution in [-0.4, -0.2) is 37.7 Å². The summed E-state index contributed by atoms with van der Waals surface area (Å²) in [4.78, 5) is 22.7. The van der Waals surface area contributed by atoms with Crippen LogP contribution in [0.25, 0.3) is 0 Å². The van der Waals surface area contributed by atoms with Crippen molar-refractivity contribution in [3.05, 3.63) is 0 Å². The van der Waals surface area contributed by atoms with Crippen molar-refractivity contribution in [2.24, 2.45) is 0 Å².